The van der Waals surface area contributed by atoms with Crippen LogP contribution < -0.4 is 4.90 Å². The molecule has 1 fully saturated rings. The van der Waals surface area contributed by atoms with Crippen molar-refractivity contribution >= 4 is 5.69 Å². The van der Waals surface area contributed by atoms with Crippen LogP contribution in [0.15, 0.2) is 18.2 Å². The van der Waals surface area contributed by atoms with E-state index >= 15 is 0 Å². The Kier molecular flexibility index (Phi) is 3.09. The lowest BCUT2D eigenvalue weighted by atomic mass is 9.85. The molecule has 0 aliphatic heterocycles. The summed E-state index contributed by atoms with van der Waals surface area (Å²) in [4.78, 5) is 2.04. The Balaban J connectivity index is 2.12. The number of hydrogen-bond donors (Lipinski definition) is 0. The van der Waals surface area contributed by atoms with Gasteiger partial charge in [0, 0.05) is 19.3 Å². The maximum atomic E-state index is 13.2. The summed E-state index contributed by atoms with van der Waals surface area (Å²) in [5.74, 6) is 0.397. The highest BCUT2D eigenvalue weighted by atomic mass is 19.1. The minimum absolute atomic E-state index is 0.338. The molecule has 0 saturated heterocycles. The minimum atomic E-state index is -0.338. The van der Waals surface area contributed by atoms with Crippen molar-refractivity contribution in [2.45, 2.75) is 19.3 Å². The van der Waals surface area contributed by atoms with E-state index in [2.05, 4.69) is 0 Å². The third kappa shape index (κ3) is 2.33. The molecular weight excluding hydrogens is 203 g/mol. The monoisotopic (exact) mass is 218 g/mol. The molecular formula is C13H15FN2. The van der Waals surface area contributed by atoms with E-state index in [1.807, 2.05) is 18.0 Å². The van der Waals surface area contributed by atoms with Crippen molar-refractivity contribution in [1.29, 1.82) is 5.26 Å². The van der Waals surface area contributed by atoms with Crippen molar-refractivity contribution in [3.63, 3.8) is 0 Å². The summed E-state index contributed by atoms with van der Waals surface area (Å²) in [6.45, 7) is 0.953. The second-order valence-corrected chi connectivity index (χ2v) is 4.49. The van der Waals surface area contributed by atoms with Gasteiger partial charge in [0.2, 0.25) is 0 Å². The van der Waals surface area contributed by atoms with Gasteiger partial charge in [0.1, 0.15) is 5.82 Å². The number of hydrogen-bond acceptors (Lipinski definition) is 2. The molecule has 0 amide bonds. The Morgan fingerprint density at radius 3 is 2.75 bits per heavy atom. The van der Waals surface area contributed by atoms with E-state index in [0.29, 0.717) is 5.56 Å². The molecule has 1 saturated carbocycles. The minimum Gasteiger partial charge on any atom is -0.374 e. The molecule has 0 spiro atoms. The van der Waals surface area contributed by atoms with Gasteiger partial charge in [-0.3, -0.25) is 0 Å². The van der Waals surface area contributed by atoms with E-state index in [4.69, 9.17) is 5.26 Å². The van der Waals surface area contributed by atoms with Crippen LogP contribution in [0.25, 0.3) is 0 Å². The first-order valence-corrected chi connectivity index (χ1v) is 5.61. The van der Waals surface area contributed by atoms with Gasteiger partial charge in [-0.25, -0.2) is 4.39 Å². The molecule has 0 radical (unpaired) electrons. The molecule has 3 heteroatoms. The van der Waals surface area contributed by atoms with Crippen LogP contribution in [0.4, 0.5) is 10.1 Å². The highest BCUT2D eigenvalue weighted by Crippen LogP contribution is 2.28. The first-order valence-electron chi connectivity index (χ1n) is 5.61. The lowest BCUT2D eigenvalue weighted by Gasteiger charge is -2.31. The molecule has 1 aromatic rings. The van der Waals surface area contributed by atoms with Crippen molar-refractivity contribution in [2.75, 3.05) is 18.5 Å². The molecule has 0 N–H and O–H groups in total. The second kappa shape index (κ2) is 4.52. The van der Waals surface area contributed by atoms with Crippen LogP contribution in [0.1, 0.15) is 24.8 Å². The standard InChI is InChI=1S/C13H15FN2/c1-16(9-10-3-2-4-10)13-6-11(8-15)5-12(14)7-13/h5-7,10H,2-4,9H2,1H3. The van der Waals surface area contributed by atoms with Crippen LogP contribution in [0.5, 0.6) is 0 Å². The average Bonchev–Trinajstić information content (AvgIpc) is 2.22. The zero-order valence-corrected chi connectivity index (χ0v) is 9.41. The summed E-state index contributed by atoms with van der Waals surface area (Å²) in [6, 6.07) is 6.47. The third-order valence-corrected chi connectivity index (χ3v) is 3.21. The molecule has 1 aromatic carbocycles. The Bertz CT molecular complexity index is 418. The number of nitrogens with zero attached hydrogens (tertiary/aromatic N) is 2. The fourth-order valence-electron chi connectivity index (χ4n) is 2.03. The lowest BCUT2D eigenvalue weighted by molar-refractivity contribution is 0.321. The Morgan fingerprint density at radius 1 is 1.44 bits per heavy atom. The maximum absolute atomic E-state index is 13.2. The molecule has 2 nitrogen and oxygen atoms in total. The topological polar surface area (TPSA) is 27.0 Å². The summed E-state index contributed by atoms with van der Waals surface area (Å²) in [5, 5.41) is 8.77. The predicted octanol–water partition coefficient (Wildman–Crippen LogP) is 2.93. The molecule has 0 atom stereocenters. The second-order valence-electron chi connectivity index (χ2n) is 4.49. The van der Waals surface area contributed by atoms with Gasteiger partial charge in [-0.1, -0.05) is 6.42 Å². The van der Waals surface area contributed by atoms with Crippen LogP contribution >= 0.6 is 0 Å². The Morgan fingerprint density at radius 2 is 2.19 bits per heavy atom. The zero-order valence-electron chi connectivity index (χ0n) is 9.41. The van der Waals surface area contributed by atoms with Gasteiger partial charge in [-0.05, 0) is 37.0 Å². The van der Waals surface area contributed by atoms with Gasteiger partial charge >= 0.3 is 0 Å². The predicted molar refractivity (Wildman–Crippen MR) is 61.7 cm³/mol. The van der Waals surface area contributed by atoms with Crippen molar-refractivity contribution in [3.05, 3.63) is 29.6 Å². The fourth-order valence-corrected chi connectivity index (χ4v) is 2.03. The summed E-state index contributed by atoms with van der Waals surface area (Å²) < 4.78 is 13.2. The van der Waals surface area contributed by atoms with Crippen LogP contribution in [-0.2, 0) is 0 Å². The summed E-state index contributed by atoms with van der Waals surface area (Å²) >= 11 is 0. The summed E-state index contributed by atoms with van der Waals surface area (Å²) in [7, 11) is 1.95. The molecule has 0 aromatic heterocycles. The number of nitriles is 1. The van der Waals surface area contributed by atoms with Gasteiger partial charge in [-0.2, -0.15) is 5.26 Å². The molecule has 84 valence electrons. The molecule has 1 aliphatic rings. The quantitative estimate of drug-likeness (QED) is 0.780. The first kappa shape index (κ1) is 10.9. The van der Waals surface area contributed by atoms with Gasteiger partial charge in [0.15, 0.2) is 0 Å². The van der Waals surface area contributed by atoms with Gasteiger partial charge in [0.25, 0.3) is 0 Å². The maximum Gasteiger partial charge on any atom is 0.126 e. The van der Waals surface area contributed by atoms with Crippen molar-refractivity contribution < 1.29 is 4.39 Å². The molecule has 0 unspecified atom stereocenters. The van der Waals surface area contributed by atoms with E-state index < -0.39 is 0 Å². The number of rotatable bonds is 3. The molecule has 0 heterocycles. The third-order valence-electron chi connectivity index (χ3n) is 3.21. The van der Waals surface area contributed by atoms with Crippen molar-refractivity contribution in [2.24, 2.45) is 5.92 Å². The van der Waals surface area contributed by atoms with Crippen LogP contribution in [-0.4, -0.2) is 13.6 Å². The van der Waals surface area contributed by atoms with Gasteiger partial charge < -0.3 is 4.90 Å². The Labute approximate surface area is 95.3 Å². The summed E-state index contributed by atoms with van der Waals surface area (Å²) in [5.41, 5.74) is 1.18. The van der Waals surface area contributed by atoms with E-state index in [9.17, 15) is 4.39 Å². The van der Waals surface area contributed by atoms with E-state index in [-0.39, 0.29) is 5.82 Å². The first-order chi connectivity index (χ1) is 7.69. The smallest absolute Gasteiger partial charge is 0.126 e. The summed E-state index contributed by atoms with van der Waals surface area (Å²) in [6.07, 6.45) is 3.85. The molecule has 2 rings (SSSR count). The van der Waals surface area contributed by atoms with Crippen LogP contribution in [0, 0.1) is 23.1 Å². The molecule has 1 aliphatic carbocycles. The SMILES string of the molecule is CN(CC1CCC1)c1cc(F)cc(C#N)c1. The molecule has 16 heavy (non-hydrogen) atoms. The van der Waals surface area contributed by atoms with E-state index in [1.54, 1.807) is 6.07 Å². The highest BCUT2D eigenvalue weighted by molar-refractivity contribution is 5.51. The highest BCUT2D eigenvalue weighted by Gasteiger charge is 2.19. The number of benzene rings is 1. The normalized spacial score (nSPS) is 15.3. The van der Waals surface area contributed by atoms with Crippen molar-refractivity contribution in [3.8, 4) is 6.07 Å². The molecule has 0 bridgehead atoms. The van der Waals surface area contributed by atoms with Gasteiger partial charge in [0.05, 0.1) is 11.6 Å². The Hall–Kier alpha value is -1.56. The van der Waals surface area contributed by atoms with E-state index in [0.717, 1.165) is 18.2 Å². The largest absolute Gasteiger partial charge is 0.374 e. The van der Waals surface area contributed by atoms with Crippen molar-refractivity contribution in [1.82, 2.24) is 0 Å². The fraction of sp³-hybridized carbons (Fsp3) is 0.462. The number of halogens is 1. The van der Waals surface area contributed by atoms with Crippen LogP contribution in [0.2, 0.25) is 0 Å². The lowest BCUT2D eigenvalue weighted by Crippen LogP contribution is -2.29. The zero-order chi connectivity index (χ0) is 11.5. The van der Waals surface area contributed by atoms with Crippen LogP contribution in [0.3, 0.4) is 0 Å². The number of anilines is 1. The van der Waals surface area contributed by atoms with Gasteiger partial charge in [-0.15, -0.1) is 0 Å². The average molecular weight is 218 g/mol. The van der Waals surface area contributed by atoms with E-state index in [1.165, 1.54) is 31.4 Å².